The molecule has 108 valence electrons. The van der Waals surface area contributed by atoms with Gasteiger partial charge in [-0.05, 0) is 24.3 Å². The van der Waals surface area contributed by atoms with Gasteiger partial charge in [0.05, 0.1) is 0 Å². The zero-order chi connectivity index (χ0) is 15.2. The second-order valence-corrected chi connectivity index (χ2v) is 4.05. The van der Waals surface area contributed by atoms with Gasteiger partial charge in [0.25, 0.3) is 5.91 Å². The fraction of sp³-hybridized carbons (Fsp3) is 0.0714. The lowest BCUT2D eigenvalue weighted by molar-refractivity contribution is -0.608. The summed E-state index contributed by atoms with van der Waals surface area (Å²) in [6.07, 6.45) is 1.14. The number of carbonyl (C=O) groups is 2. The number of pyridine rings is 1. The van der Waals surface area contributed by atoms with Gasteiger partial charge in [-0.3, -0.25) is 4.79 Å². The third-order valence-corrected chi connectivity index (χ3v) is 2.48. The molecule has 0 radical (unpaired) electrons. The molecule has 1 N–H and O–H groups in total. The second kappa shape index (κ2) is 6.47. The van der Waals surface area contributed by atoms with Crippen molar-refractivity contribution in [1.82, 2.24) is 0 Å². The van der Waals surface area contributed by atoms with E-state index in [0.29, 0.717) is 4.73 Å². The molecule has 2 aromatic rings. The molecule has 0 aliphatic rings. The number of rotatable bonds is 4. The van der Waals surface area contributed by atoms with Crippen LogP contribution in [0.3, 0.4) is 0 Å². The molecule has 0 spiro atoms. The maximum absolute atomic E-state index is 12.9. The predicted molar refractivity (Wildman–Crippen MR) is 70.7 cm³/mol. The summed E-state index contributed by atoms with van der Waals surface area (Å²) in [6.45, 7) is -0.579. The maximum Gasteiger partial charge on any atom is 0.405 e. The molecular formula is C14H11FN2O4. The average Bonchev–Trinajstić information content (AvgIpc) is 2.45. The number of hydrogen-bond acceptors (Lipinski definition) is 4. The number of esters is 1. The number of aromatic nitrogens is 1. The monoisotopic (exact) mass is 290 g/mol. The van der Waals surface area contributed by atoms with Gasteiger partial charge < -0.3 is 15.3 Å². The van der Waals surface area contributed by atoms with Crippen LogP contribution in [0, 0.1) is 11.0 Å². The normalized spacial score (nSPS) is 9.95. The quantitative estimate of drug-likeness (QED) is 0.522. The fourth-order valence-electron chi connectivity index (χ4n) is 1.55. The van der Waals surface area contributed by atoms with Crippen molar-refractivity contribution in [2.45, 2.75) is 0 Å². The van der Waals surface area contributed by atoms with Crippen LogP contribution in [0.1, 0.15) is 10.5 Å². The summed E-state index contributed by atoms with van der Waals surface area (Å²) in [5.41, 5.74) is 0.0192. The number of nitrogens with zero attached hydrogens (tertiary/aromatic N) is 1. The molecule has 6 nitrogen and oxygen atoms in total. The van der Waals surface area contributed by atoms with E-state index >= 15 is 0 Å². The smallest absolute Gasteiger partial charge is 0.405 e. The average molecular weight is 290 g/mol. The molecule has 0 aliphatic carbocycles. The van der Waals surface area contributed by atoms with Gasteiger partial charge in [-0.15, -0.1) is 0 Å². The highest BCUT2D eigenvalue weighted by molar-refractivity contribution is 5.94. The van der Waals surface area contributed by atoms with Crippen molar-refractivity contribution in [1.29, 1.82) is 0 Å². The summed E-state index contributed by atoms with van der Waals surface area (Å²) >= 11 is 0. The largest absolute Gasteiger partial charge is 0.618 e. The van der Waals surface area contributed by atoms with Crippen molar-refractivity contribution in [3.05, 3.63) is 65.4 Å². The number of anilines is 1. The molecule has 1 amide bonds. The van der Waals surface area contributed by atoms with Crippen molar-refractivity contribution in [2.24, 2.45) is 0 Å². The van der Waals surface area contributed by atoms with Crippen LogP contribution in [0.5, 0.6) is 0 Å². The SMILES string of the molecule is O=C(COC(=O)c1cccc[n+]1[O-])Nc1cccc(F)c1. The standard InChI is InChI=1S/C14H11FN2O4/c15-10-4-3-5-11(8-10)16-13(18)9-21-14(19)12-6-1-2-7-17(12)20/h1-8H,9H2,(H,16,18). The first-order valence-corrected chi connectivity index (χ1v) is 5.97. The van der Waals surface area contributed by atoms with Gasteiger partial charge in [-0.1, -0.05) is 6.07 Å². The summed E-state index contributed by atoms with van der Waals surface area (Å²) in [4.78, 5) is 23.1. The van der Waals surface area contributed by atoms with Gasteiger partial charge in [-0.25, -0.2) is 9.18 Å². The van der Waals surface area contributed by atoms with Crippen LogP contribution in [-0.4, -0.2) is 18.5 Å². The Morgan fingerprint density at radius 2 is 2.05 bits per heavy atom. The third kappa shape index (κ3) is 4.00. The molecule has 1 aromatic carbocycles. The number of amides is 1. The van der Waals surface area contributed by atoms with Crippen LogP contribution in [0.2, 0.25) is 0 Å². The number of halogens is 1. The molecule has 1 aromatic heterocycles. The topological polar surface area (TPSA) is 82.3 Å². The Hall–Kier alpha value is -2.96. The highest BCUT2D eigenvalue weighted by Gasteiger charge is 2.18. The van der Waals surface area contributed by atoms with E-state index in [1.165, 1.54) is 36.4 Å². The van der Waals surface area contributed by atoms with E-state index in [1.807, 2.05) is 0 Å². The van der Waals surface area contributed by atoms with E-state index in [1.54, 1.807) is 0 Å². The Morgan fingerprint density at radius 1 is 1.24 bits per heavy atom. The molecule has 0 aliphatic heterocycles. The molecule has 0 saturated carbocycles. The van der Waals surface area contributed by atoms with Crippen molar-refractivity contribution >= 4 is 17.6 Å². The highest BCUT2D eigenvalue weighted by Crippen LogP contribution is 2.08. The summed E-state index contributed by atoms with van der Waals surface area (Å²) in [5.74, 6) is -2.05. The number of nitrogens with one attached hydrogen (secondary N) is 1. The minimum atomic E-state index is -0.917. The second-order valence-electron chi connectivity index (χ2n) is 4.05. The first kappa shape index (κ1) is 14.4. The molecule has 0 bridgehead atoms. The molecule has 2 rings (SSSR count). The maximum atomic E-state index is 12.9. The lowest BCUT2D eigenvalue weighted by Gasteiger charge is -2.06. The molecule has 21 heavy (non-hydrogen) atoms. The molecule has 1 heterocycles. The van der Waals surface area contributed by atoms with E-state index in [2.05, 4.69) is 5.32 Å². The van der Waals surface area contributed by atoms with Gasteiger partial charge >= 0.3 is 11.7 Å². The van der Waals surface area contributed by atoms with Crippen molar-refractivity contribution in [3.8, 4) is 0 Å². The lowest BCUT2D eigenvalue weighted by atomic mass is 10.3. The van der Waals surface area contributed by atoms with Crippen LogP contribution in [0.4, 0.5) is 10.1 Å². The fourth-order valence-corrected chi connectivity index (χ4v) is 1.55. The first-order chi connectivity index (χ1) is 10.1. The van der Waals surface area contributed by atoms with Crippen LogP contribution < -0.4 is 10.0 Å². The zero-order valence-electron chi connectivity index (χ0n) is 10.8. The Balaban J connectivity index is 1.90. The van der Waals surface area contributed by atoms with Crippen molar-refractivity contribution in [2.75, 3.05) is 11.9 Å². The Kier molecular flexibility index (Phi) is 4.45. The molecular weight excluding hydrogens is 279 g/mol. The van der Waals surface area contributed by atoms with Crippen LogP contribution in [0.25, 0.3) is 0 Å². The van der Waals surface area contributed by atoms with E-state index in [-0.39, 0.29) is 11.4 Å². The first-order valence-electron chi connectivity index (χ1n) is 5.97. The van der Waals surface area contributed by atoms with Crippen molar-refractivity contribution < 1.29 is 23.4 Å². The molecule has 7 heteroatoms. The summed E-state index contributed by atoms with van der Waals surface area (Å²) in [6, 6.07) is 9.52. The molecule has 0 saturated heterocycles. The Bertz CT molecular complexity index is 676. The van der Waals surface area contributed by atoms with Gasteiger partial charge in [0, 0.05) is 17.8 Å². The summed E-state index contributed by atoms with van der Waals surface area (Å²) < 4.78 is 18.0. The van der Waals surface area contributed by atoms with Gasteiger partial charge in [0.1, 0.15) is 5.82 Å². The van der Waals surface area contributed by atoms with E-state index in [0.717, 1.165) is 12.3 Å². The number of carbonyl (C=O) groups excluding carboxylic acids is 2. The molecule has 0 fully saturated rings. The Morgan fingerprint density at radius 3 is 2.76 bits per heavy atom. The Labute approximate surface area is 119 Å². The minimum absolute atomic E-state index is 0.226. The molecule has 0 unspecified atom stereocenters. The van der Waals surface area contributed by atoms with Crippen molar-refractivity contribution in [3.63, 3.8) is 0 Å². The lowest BCUT2D eigenvalue weighted by Crippen LogP contribution is -2.35. The van der Waals surface area contributed by atoms with E-state index in [9.17, 15) is 19.2 Å². The highest BCUT2D eigenvalue weighted by atomic mass is 19.1. The third-order valence-electron chi connectivity index (χ3n) is 2.48. The minimum Gasteiger partial charge on any atom is -0.618 e. The summed E-state index contributed by atoms with van der Waals surface area (Å²) in [7, 11) is 0. The summed E-state index contributed by atoms with van der Waals surface area (Å²) in [5, 5.41) is 13.7. The van der Waals surface area contributed by atoms with Crippen LogP contribution in [0.15, 0.2) is 48.7 Å². The predicted octanol–water partition coefficient (Wildman–Crippen LogP) is 1.25. The number of benzene rings is 1. The zero-order valence-corrected chi connectivity index (χ0v) is 10.8. The van der Waals surface area contributed by atoms with Crippen LogP contribution in [-0.2, 0) is 9.53 Å². The van der Waals surface area contributed by atoms with Gasteiger partial charge in [0.2, 0.25) is 0 Å². The van der Waals surface area contributed by atoms with E-state index < -0.39 is 24.3 Å². The van der Waals surface area contributed by atoms with Gasteiger partial charge in [0.15, 0.2) is 12.8 Å². The molecule has 0 atom stereocenters. The van der Waals surface area contributed by atoms with Crippen LogP contribution >= 0.6 is 0 Å². The van der Waals surface area contributed by atoms with E-state index in [4.69, 9.17) is 4.74 Å². The van der Waals surface area contributed by atoms with Gasteiger partial charge in [-0.2, -0.15) is 4.73 Å². The number of hydrogen-bond donors (Lipinski definition) is 1. The number of ether oxygens (including phenoxy) is 1.